The molecule has 0 unspecified atom stereocenters. The average Bonchev–Trinajstić information content (AvgIpc) is 3.48. The number of methoxy groups -OCH3 is 1. The molecule has 5 aromatic rings. The maximum atomic E-state index is 5.67. The van der Waals surface area contributed by atoms with Crippen LogP contribution < -0.4 is 9.64 Å². The lowest BCUT2D eigenvalue weighted by atomic mass is 10.0. The quantitative estimate of drug-likeness (QED) is 0.411. The van der Waals surface area contributed by atoms with Gasteiger partial charge < -0.3 is 9.64 Å². The Kier molecular flexibility index (Phi) is 4.65. The van der Waals surface area contributed by atoms with Crippen molar-refractivity contribution in [3.05, 3.63) is 71.7 Å². The number of hydrogen-bond donors (Lipinski definition) is 1. The lowest BCUT2D eigenvalue weighted by Gasteiger charge is -2.22. The summed E-state index contributed by atoms with van der Waals surface area (Å²) < 4.78 is 5.67. The lowest BCUT2D eigenvalue weighted by molar-refractivity contribution is 0.415. The standard InChI is InChI=1S/C23H19N5OS/c1-28(18-12-16(8-9-19(18)29-2)15-6-4-3-5-7-15)23-20-21(17-10-11-30-13-17)26-27-22(20)24-14-25-23/h3-14H,1-2H3,(H,24,25,26,27). The van der Waals surface area contributed by atoms with E-state index in [0.29, 0.717) is 5.65 Å². The molecule has 0 aliphatic rings. The molecule has 0 radical (unpaired) electrons. The number of rotatable bonds is 5. The van der Waals surface area contributed by atoms with Gasteiger partial charge in [-0.3, -0.25) is 5.10 Å². The van der Waals surface area contributed by atoms with Crippen LogP contribution in [0.3, 0.4) is 0 Å². The van der Waals surface area contributed by atoms with Crippen molar-refractivity contribution in [2.24, 2.45) is 0 Å². The summed E-state index contributed by atoms with van der Waals surface area (Å²) in [6, 6.07) is 18.5. The van der Waals surface area contributed by atoms with Crippen LogP contribution >= 0.6 is 11.3 Å². The predicted octanol–water partition coefficient (Wildman–Crippen LogP) is 5.52. The van der Waals surface area contributed by atoms with E-state index in [9.17, 15) is 0 Å². The molecule has 6 nitrogen and oxygen atoms in total. The van der Waals surface area contributed by atoms with E-state index in [2.05, 4.69) is 55.9 Å². The van der Waals surface area contributed by atoms with Crippen LogP contribution in [-0.4, -0.2) is 34.3 Å². The molecule has 0 spiro atoms. The second kappa shape index (κ2) is 7.61. The van der Waals surface area contributed by atoms with Gasteiger partial charge in [0.2, 0.25) is 0 Å². The van der Waals surface area contributed by atoms with Crippen molar-refractivity contribution in [2.75, 3.05) is 19.1 Å². The highest BCUT2D eigenvalue weighted by molar-refractivity contribution is 7.08. The highest BCUT2D eigenvalue weighted by Crippen LogP contribution is 2.39. The molecular formula is C23H19N5OS. The first-order valence-electron chi connectivity index (χ1n) is 9.45. The Morgan fingerprint density at radius 2 is 1.83 bits per heavy atom. The number of ether oxygens (including phenoxy) is 1. The molecule has 0 atom stereocenters. The third kappa shape index (κ3) is 3.09. The summed E-state index contributed by atoms with van der Waals surface area (Å²) in [6.45, 7) is 0. The van der Waals surface area contributed by atoms with Crippen molar-refractivity contribution in [1.82, 2.24) is 20.2 Å². The van der Waals surface area contributed by atoms with Crippen LogP contribution in [0.4, 0.5) is 11.5 Å². The molecule has 7 heteroatoms. The maximum Gasteiger partial charge on any atom is 0.186 e. The minimum absolute atomic E-state index is 0.631. The Bertz CT molecular complexity index is 1300. The number of fused-ring (bicyclic) bond motifs is 1. The first-order valence-corrected chi connectivity index (χ1v) is 10.4. The number of H-pyrrole nitrogens is 1. The van der Waals surface area contributed by atoms with Gasteiger partial charge in [0.25, 0.3) is 0 Å². The van der Waals surface area contributed by atoms with Crippen LogP contribution in [0.5, 0.6) is 5.75 Å². The molecule has 1 N–H and O–H groups in total. The highest BCUT2D eigenvalue weighted by Gasteiger charge is 2.20. The van der Waals surface area contributed by atoms with Crippen molar-refractivity contribution in [2.45, 2.75) is 0 Å². The summed E-state index contributed by atoms with van der Waals surface area (Å²) in [5.41, 5.74) is 5.77. The largest absolute Gasteiger partial charge is 0.495 e. The lowest BCUT2D eigenvalue weighted by Crippen LogP contribution is -2.13. The maximum absolute atomic E-state index is 5.67. The summed E-state index contributed by atoms with van der Waals surface area (Å²) >= 11 is 1.64. The molecule has 0 fully saturated rings. The topological polar surface area (TPSA) is 66.9 Å². The fourth-order valence-electron chi connectivity index (χ4n) is 3.59. The van der Waals surface area contributed by atoms with Crippen LogP contribution in [0.1, 0.15) is 0 Å². The van der Waals surface area contributed by atoms with E-state index in [4.69, 9.17) is 4.74 Å². The number of nitrogens with one attached hydrogen (secondary N) is 1. The van der Waals surface area contributed by atoms with Gasteiger partial charge in [-0.1, -0.05) is 36.4 Å². The smallest absolute Gasteiger partial charge is 0.186 e. The molecule has 2 aromatic carbocycles. The number of benzene rings is 2. The van der Waals surface area contributed by atoms with Crippen LogP contribution in [0, 0.1) is 0 Å². The van der Waals surface area contributed by atoms with Gasteiger partial charge in [-0.2, -0.15) is 16.4 Å². The van der Waals surface area contributed by atoms with Crippen molar-refractivity contribution >= 4 is 33.9 Å². The summed E-state index contributed by atoms with van der Waals surface area (Å²) in [5.74, 6) is 1.53. The van der Waals surface area contributed by atoms with Gasteiger partial charge in [0.05, 0.1) is 23.9 Å². The zero-order chi connectivity index (χ0) is 20.5. The zero-order valence-electron chi connectivity index (χ0n) is 16.5. The Balaban J connectivity index is 1.67. The Labute approximate surface area is 177 Å². The van der Waals surface area contributed by atoms with E-state index >= 15 is 0 Å². The molecule has 148 valence electrons. The molecule has 0 aliphatic carbocycles. The van der Waals surface area contributed by atoms with Crippen molar-refractivity contribution < 1.29 is 4.74 Å². The van der Waals surface area contributed by atoms with Gasteiger partial charge in [0.1, 0.15) is 17.9 Å². The fourth-order valence-corrected chi connectivity index (χ4v) is 4.23. The van der Waals surface area contributed by atoms with Gasteiger partial charge in [-0.25, -0.2) is 9.97 Å². The predicted molar refractivity (Wildman–Crippen MR) is 121 cm³/mol. The summed E-state index contributed by atoms with van der Waals surface area (Å²) in [6.07, 6.45) is 1.54. The first kappa shape index (κ1) is 18.3. The Morgan fingerprint density at radius 3 is 2.60 bits per heavy atom. The van der Waals surface area contributed by atoms with Crippen LogP contribution in [0.2, 0.25) is 0 Å². The molecule has 0 amide bonds. The van der Waals surface area contributed by atoms with E-state index in [1.807, 2.05) is 41.6 Å². The third-order valence-corrected chi connectivity index (χ3v) is 5.79. The molecule has 0 aliphatic heterocycles. The SMILES string of the molecule is COc1ccc(-c2ccccc2)cc1N(C)c1ncnc2n[nH]c(-c3ccsc3)c12. The molecule has 5 rings (SSSR count). The van der Waals surface area contributed by atoms with Gasteiger partial charge in [0, 0.05) is 18.0 Å². The minimum Gasteiger partial charge on any atom is -0.495 e. The van der Waals surface area contributed by atoms with Gasteiger partial charge in [0.15, 0.2) is 5.65 Å². The van der Waals surface area contributed by atoms with Crippen LogP contribution in [0.15, 0.2) is 71.7 Å². The summed E-state index contributed by atoms with van der Waals surface area (Å²) in [7, 11) is 3.66. The molecular weight excluding hydrogens is 394 g/mol. The number of nitrogens with zero attached hydrogens (tertiary/aromatic N) is 4. The second-order valence-electron chi connectivity index (χ2n) is 6.82. The van der Waals surface area contributed by atoms with Crippen LogP contribution in [0.25, 0.3) is 33.4 Å². The summed E-state index contributed by atoms with van der Waals surface area (Å²) in [4.78, 5) is 11.0. The molecule has 0 saturated heterocycles. The van der Waals surface area contributed by atoms with Crippen molar-refractivity contribution in [1.29, 1.82) is 0 Å². The molecule has 0 saturated carbocycles. The molecule has 30 heavy (non-hydrogen) atoms. The van der Waals surface area contributed by atoms with E-state index in [1.165, 1.54) is 0 Å². The Morgan fingerprint density at radius 1 is 0.967 bits per heavy atom. The van der Waals surface area contributed by atoms with Gasteiger partial charge >= 0.3 is 0 Å². The van der Waals surface area contributed by atoms with E-state index in [1.54, 1.807) is 24.8 Å². The second-order valence-corrected chi connectivity index (χ2v) is 7.60. The van der Waals surface area contributed by atoms with Gasteiger partial charge in [-0.05, 0) is 34.7 Å². The molecule has 3 heterocycles. The summed E-state index contributed by atoms with van der Waals surface area (Å²) in [5, 5.41) is 12.5. The average molecular weight is 414 g/mol. The van der Waals surface area contributed by atoms with E-state index in [0.717, 1.165) is 45.0 Å². The van der Waals surface area contributed by atoms with E-state index in [-0.39, 0.29) is 0 Å². The highest BCUT2D eigenvalue weighted by atomic mass is 32.1. The first-order chi connectivity index (χ1) is 14.8. The number of aromatic amines is 1. The van der Waals surface area contributed by atoms with Crippen LogP contribution in [-0.2, 0) is 0 Å². The number of aromatic nitrogens is 4. The Hall–Kier alpha value is -3.71. The normalized spacial score (nSPS) is 11.0. The number of anilines is 2. The van der Waals surface area contributed by atoms with Crippen molar-refractivity contribution in [3.8, 4) is 28.1 Å². The number of thiophene rings is 1. The number of hydrogen-bond acceptors (Lipinski definition) is 6. The molecule has 0 bridgehead atoms. The monoisotopic (exact) mass is 413 g/mol. The minimum atomic E-state index is 0.631. The van der Waals surface area contributed by atoms with Crippen molar-refractivity contribution in [3.63, 3.8) is 0 Å². The molecule has 3 aromatic heterocycles. The third-order valence-electron chi connectivity index (χ3n) is 5.11. The van der Waals surface area contributed by atoms with E-state index < -0.39 is 0 Å². The zero-order valence-corrected chi connectivity index (χ0v) is 17.4. The van der Waals surface area contributed by atoms with Gasteiger partial charge in [-0.15, -0.1) is 0 Å². The fraction of sp³-hybridized carbons (Fsp3) is 0.0870.